The van der Waals surface area contributed by atoms with Gasteiger partial charge in [0.2, 0.25) is 0 Å². The summed E-state index contributed by atoms with van der Waals surface area (Å²) in [6.45, 7) is 4.97. The van der Waals surface area contributed by atoms with Crippen LogP contribution in [-0.4, -0.2) is 6.54 Å². The predicted molar refractivity (Wildman–Crippen MR) is 84.8 cm³/mol. The Morgan fingerprint density at radius 2 is 1.80 bits per heavy atom. The Bertz CT molecular complexity index is 447. The van der Waals surface area contributed by atoms with Gasteiger partial charge in [0.15, 0.2) is 0 Å². The van der Waals surface area contributed by atoms with Crippen molar-refractivity contribution in [1.29, 1.82) is 5.26 Å². The highest BCUT2D eigenvalue weighted by molar-refractivity contribution is 5.46. The largest absolute Gasteiger partial charge is 0.385 e. The van der Waals surface area contributed by atoms with Crippen LogP contribution < -0.4 is 5.32 Å². The minimum atomic E-state index is -0.402. The van der Waals surface area contributed by atoms with E-state index in [-0.39, 0.29) is 0 Å². The van der Waals surface area contributed by atoms with Crippen molar-refractivity contribution in [2.45, 2.75) is 57.8 Å². The van der Waals surface area contributed by atoms with E-state index in [1.807, 2.05) is 13.8 Å². The number of anilines is 1. The van der Waals surface area contributed by atoms with E-state index in [1.165, 1.54) is 44.2 Å². The van der Waals surface area contributed by atoms with Crippen molar-refractivity contribution in [3.63, 3.8) is 0 Å². The molecule has 2 rings (SSSR count). The zero-order valence-electron chi connectivity index (χ0n) is 12.8. The first-order valence-corrected chi connectivity index (χ1v) is 7.87. The van der Waals surface area contributed by atoms with Crippen LogP contribution >= 0.6 is 0 Å². The lowest BCUT2D eigenvalue weighted by atomic mass is 9.86. The molecule has 0 heterocycles. The van der Waals surface area contributed by atoms with E-state index in [9.17, 15) is 0 Å². The average molecular weight is 270 g/mol. The molecule has 108 valence electrons. The van der Waals surface area contributed by atoms with Gasteiger partial charge in [0.25, 0.3) is 0 Å². The highest BCUT2D eigenvalue weighted by atomic mass is 14.9. The lowest BCUT2D eigenvalue weighted by Crippen LogP contribution is -2.14. The van der Waals surface area contributed by atoms with E-state index in [0.717, 1.165) is 18.0 Å². The highest BCUT2D eigenvalue weighted by Crippen LogP contribution is 2.27. The van der Waals surface area contributed by atoms with Gasteiger partial charge in [-0.25, -0.2) is 0 Å². The second kappa shape index (κ2) is 6.79. The summed E-state index contributed by atoms with van der Waals surface area (Å²) in [5.41, 5.74) is 1.84. The summed E-state index contributed by atoms with van der Waals surface area (Å²) in [6, 6.07) is 10.7. The van der Waals surface area contributed by atoms with E-state index < -0.39 is 5.41 Å². The van der Waals surface area contributed by atoms with Crippen LogP contribution in [0.3, 0.4) is 0 Å². The molecule has 2 heteroatoms. The number of hydrogen-bond acceptors (Lipinski definition) is 2. The predicted octanol–water partition coefficient (Wildman–Crippen LogP) is 4.87. The molecule has 2 nitrogen and oxygen atoms in total. The molecule has 0 spiro atoms. The van der Waals surface area contributed by atoms with Gasteiger partial charge in [-0.2, -0.15) is 5.26 Å². The van der Waals surface area contributed by atoms with Gasteiger partial charge in [0, 0.05) is 12.2 Å². The molecule has 0 bridgehead atoms. The average Bonchev–Trinajstić information content (AvgIpc) is 2.49. The van der Waals surface area contributed by atoms with Crippen LogP contribution in [0.25, 0.3) is 0 Å². The molecule has 0 aromatic heterocycles. The van der Waals surface area contributed by atoms with Crippen LogP contribution in [0.4, 0.5) is 5.69 Å². The third kappa shape index (κ3) is 4.00. The van der Waals surface area contributed by atoms with Crippen molar-refractivity contribution in [3.8, 4) is 6.07 Å². The van der Waals surface area contributed by atoms with E-state index in [0.29, 0.717) is 0 Å². The van der Waals surface area contributed by atoms with Crippen molar-refractivity contribution < 1.29 is 0 Å². The van der Waals surface area contributed by atoms with E-state index in [2.05, 4.69) is 35.7 Å². The molecule has 20 heavy (non-hydrogen) atoms. The summed E-state index contributed by atoms with van der Waals surface area (Å²) in [5.74, 6) is 0.924. The summed E-state index contributed by atoms with van der Waals surface area (Å²) in [6.07, 6.45) is 8.38. The van der Waals surface area contributed by atoms with Gasteiger partial charge in [-0.15, -0.1) is 0 Å². The quantitative estimate of drug-likeness (QED) is 0.828. The summed E-state index contributed by atoms with van der Waals surface area (Å²) in [7, 11) is 0. The monoisotopic (exact) mass is 270 g/mol. The maximum Gasteiger partial charge on any atom is 0.0766 e. The Morgan fingerprint density at radius 3 is 2.40 bits per heavy atom. The molecule has 1 aliphatic carbocycles. The zero-order valence-corrected chi connectivity index (χ0v) is 12.8. The van der Waals surface area contributed by atoms with E-state index in [4.69, 9.17) is 5.26 Å². The Hall–Kier alpha value is -1.49. The third-order valence-corrected chi connectivity index (χ3v) is 4.49. The fourth-order valence-electron chi connectivity index (χ4n) is 2.97. The smallest absolute Gasteiger partial charge is 0.0766 e. The van der Waals surface area contributed by atoms with Crippen molar-refractivity contribution in [1.82, 2.24) is 0 Å². The van der Waals surface area contributed by atoms with Gasteiger partial charge in [-0.05, 0) is 43.9 Å². The molecule has 0 radical (unpaired) electrons. The summed E-state index contributed by atoms with van der Waals surface area (Å²) in [4.78, 5) is 0. The van der Waals surface area contributed by atoms with Crippen molar-refractivity contribution in [2.75, 3.05) is 11.9 Å². The van der Waals surface area contributed by atoms with Crippen LogP contribution in [0, 0.1) is 17.2 Å². The van der Waals surface area contributed by atoms with Crippen molar-refractivity contribution in [2.24, 2.45) is 5.92 Å². The Balaban J connectivity index is 1.80. The normalized spacial score (nSPS) is 16.6. The second-order valence-corrected chi connectivity index (χ2v) is 6.53. The number of benzene rings is 1. The number of hydrogen-bond donors (Lipinski definition) is 1. The maximum atomic E-state index is 9.14. The molecule has 1 N–H and O–H groups in total. The van der Waals surface area contributed by atoms with Crippen LogP contribution in [-0.2, 0) is 5.41 Å². The minimum absolute atomic E-state index is 0.402. The molecule has 0 unspecified atom stereocenters. The first kappa shape index (κ1) is 14.9. The van der Waals surface area contributed by atoms with Crippen LogP contribution in [0.2, 0.25) is 0 Å². The Kier molecular flexibility index (Phi) is 5.06. The molecule has 0 amide bonds. The van der Waals surface area contributed by atoms with Gasteiger partial charge in [-0.1, -0.05) is 44.2 Å². The standard InChI is InChI=1S/C18H26N2/c1-18(2,14-19)16-8-10-17(11-9-16)20-13-12-15-6-4-3-5-7-15/h8-11,15,20H,3-7,12-13H2,1-2H3. The second-order valence-electron chi connectivity index (χ2n) is 6.53. The summed E-state index contributed by atoms with van der Waals surface area (Å²) < 4.78 is 0. The van der Waals surface area contributed by atoms with Crippen LogP contribution in [0.5, 0.6) is 0 Å². The van der Waals surface area contributed by atoms with Crippen LogP contribution in [0.1, 0.15) is 57.9 Å². The maximum absolute atomic E-state index is 9.14. The number of nitrogens with zero attached hydrogens (tertiary/aromatic N) is 1. The molecular formula is C18H26N2. The highest BCUT2D eigenvalue weighted by Gasteiger charge is 2.19. The minimum Gasteiger partial charge on any atom is -0.385 e. The molecular weight excluding hydrogens is 244 g/mol. The SMILES string of the molecule is CC(C)(C#N)c1ccc(NCCC2CCCCC2)cc1. The third-order valence-electron chi connectivity index (χ3n) is 4.49. The van der Waals surface area contributed by atoms with Crippen LogP contribution in [0.15, 0.2) is 24.3 Å². The molecule has 0 saturated heterocycles. The van der Waals surface area contributed by atoms with Gasteiger partial charge < -0.3 is 5.32 Å². The zero-order chi connectivity index (χ0) is 14.4. The van der Waals surface area contributed by atoms with Crippen molar-refractivity contribution in [3.05, 3.63) is 29.8 Å². The first-order chi connectivity index (χ1) is 9.62. The lowest BCUT2D eigenvalue weighted by molar-refractivity contribution is 0.345. The fourth-order valence-corrected chi connectivity index (χ4v) is 2.97. The molecule has 0 aliphatic heterocycles. The Morgan fingerprint density at radius 1 is 1.15 bits per heavy atom. The van der Waals surface area contributed by atoms with Crippen molar-refractivity contribution >= 4 is 5.69 Å². The molecule has 1 aromatic rings. The van der Waals surface area contributed by atoms with Gasteiger partial charge in [-0.3, -0.25) is 0 Å². The molecule has 1 aliphatic rings. The molecule has 1 aromatic carbocycles. The Labute approximate surface area is 123 Å². The van der Waals surface area contributed by atoms with Gasteiger partial charge in [0.05, 0.1) is 11.5 Å². The lowest BCUT2D eigenvalue weighted by Gasteiger charge is -2.22. The molecule has 0 atom stereocenters. The van der Waals surface area contributed by atoms with E-state index in [1.54, 1.807) is 0 Å². The first-order valence-electron chi connectivity index (χ1n) is 7.87. The summed E-state index contributed by atoms with van der Waals surface area (Å²) in [5, 5.41) is 12.6. The fraction of sp³-hybridized carbons (Fsp3) is 0.611. The van der Waals surface area contributed by atoms with Gasteiger partial charge in [0.1, 0.15) is 0 Å². The topological polar surface area (TPSA) is 35.8 Å². The number of nitrogens with one attached hydrogen (secondary N) is 1. The van der Waals surface area contributed by atoms with E-state index >= 15 is 0 Å². The molecule has 1 fully saturated rings. The number of rotatable bonds is 5. The number of nitriles is 1. The molecule has 1 saturated carbocycles. The van der Waals surface area contributed by atoms with Gasteiger partial charge >= 0.3 is 0 Å². The summed E-state index contributed by atoms with van der Waals surface area (Å²) >= 11 is 0.